The molecule has 6 aromatic carbocycles. The van der Waals surface area contributed by atoms with Crippen molar-refractivity contribution in [3.63, 3.8) is 0 Å². The summed E-state index contributed by atoms with van der Waals surface area (Å²) in [4.78, 5) is 26.3. The van der Waals surface area contributed by atoms with Gasteiger partial charge in [-0.25, -0.2) is 27.2 Å². The second kappa shape index (κ2) is 21.8. The molecule has 9 rings (SSSR count). The van der Waals surface area contributed by atoms with Gasteiger partial charge in [0.2, 0.25) is 0 Å². The molecule has 0 atom stereocenters. The second-order valence-electron chi connectivity index (χ2n) is 16.8. The Morgan fingerprint density at radius 1 is 0.592 bits per heavy atom. The number of hydrogen-bond donors (Lipinski definition) is 2. The molecular formula is C55H46Br2F4N4O6. The lowest BCUT2D eigenvalue weighted by molar-refractivity contribution is 0.0599. The molecule has 0 aliphatic carbocycles. The maximum Gasteiger partial charge on any atom is 0.337 e. The van der Waals surface area contributed by atoms with E-state index in [4.69, 9.17) is 19.9 Å². The van der Waals surface area contributed by atoms with Crippen molar-refractivity contribution in [1.29, 1.82) is 0 Å². The van der Waals surface area contributed by atoms with E-state index in [2.05, 4.69) is 36.8 Å². The first-order valence-corrected chi connectivity index (χ1v) is 23.9. The van der Waals surface area contributed by atoms with Crippen LogP contribution in [-0.4, -0.2) is 46.4 Å². The van der Waals surface area contributed by atoms with Gasteiger partial charge in [0.1, 0.15) is 48.0 Å². The Morgan fingerprint density at radius 2 is 1.07 bits per heavy atom. The van der Waals surface area contributed by atoms with Crippen molar-refractivity contribution in [2.75, 3.05) is 30.8 Å². The van der Waals surface area contributed by atoms with Crippen molar-refractivity contribution in [3.8, 4) is 45.4 Å². The first kappa shape index (κ1) is 50.1. The van der Waals surface area contributed by atoms with Gasteiger partial charge < -0.3 is 39.1 Å². The number of carboxylic acid groups (broad SMARTS) is 1. The first-order chi connectivity index (χ1) is 34.1. The summed E-state index contributed by atoms with van der Waals surface area (Å²) in [5.74, 6) is -3.09. The Morgan fingerprint density at radius 3 is 1.55 bits per heavy atom. The number of nitrogen functional groups attached to an aromatic ring is 1. The minimum Gasteiger partial charge on any atom is -0.488 e. The molecule has 0 amide bonds. The van der Waals surface area contributed by atoms with Gasteiger partial charge in [0.25, 0.3) is 0 Å². The summed E-state index contributed by atoms with van der Waals surface area (Å²) in [6, 6.07) is 36.0. The van der Waals surface area contributed by atoms with E-state index in [1.54, 1.807) is 42.5 Å². The van der Waals surface area contributed by atoms with Crippen LogP contribution < -0.4 is 20.1 Å². The van der Waals surface area contributed by atoms with Crippen LogP contribution in [0.15, 0.2) is 142 Å². The summed E-state index contributed by atoms with van der Waals surface area (Å²) in [5.41, 5.74) is 14.6. The quantitative estimate of drug-likeness (QED) is 0.0665. The molecule has 2 aromatic heterocycles. The van der Waals surface area contributed by atoms with Gasteiger partial charge in [-0.2, -0.15) is 0 Å². The smallest absolute Gasteiger partial charge is 0.337 e. The first-order valence-electron chi connectivity index (χ1n) is 22.3. The third-order valence-corrected chi connectivity index (χ3v) is 12.9. The maximum absolute atomic E-state index is 14.2. The summed E-state index contributed by atoms with van der Waals surface area (Å²) in [5, 5.41) is 9.82. The highest BCUT2D eigenvalue weighted by molar-refractivity contribution is 9.10. The minimum absolute atomic E-state index is 0.0754. The lowest BCUT2D eigenvalue weighted by atomic mass is 10.1. The third kappa shape index (κ3) is 11.5. The number of aromatic nitrogens is 2. The van der Waals surface area contributed by atoms with Crippen LogP contribution in [0.25, 0.3) is 33.9 Å². The number of carbonyl (C=O) groups excluding carboxylic acids is 1. The Labute approximate surface area is 424 Å². The number of carbonyl (C=O) groups is 2. The SMILES string of the molecule is COC(=O)c1cc(N)cc(-n2c(C)ccc2-c2cc(Br)ccc2OCc2ccc(F)cc2F)c1.Cc1ccc(-c2cc(Br)ccc2OCc2ccc(F)cc2F)n1-c1cc(C(=O)O)cc(N2CCCC2)c1. The number of carboxylic acids is 1. The van der Waals surface area contributed by atoms with Crippen LogP contribution in [0.4, 0.5) is 28.9 Å². The number of aromatic carboxylic acids is 1. The normalized spacial score (nSPS) is 12.1. The second-order valence-corrected chi connectivity index (χ2v) is 18.6. The Bertz CT molecular complexity index is 3300. The largest absolute Gasteiger partial charge is 0.488 e. The molecule has 8 aromatic rings. The van der Waals surface area contributed by atoms with Gasteiger partial charge in [-0.1, -0.05) is 31.9 Å². The number of nitrogens with zero attached hydrogens (tertiary/aromatic N) is 3. The molecule has 3 heterocycles. The number of halogens is 6. The molecule has 16 heteroatoms. The number of methoxy groups -OCH3 is 1. The fraction of sp³-hybridized carbons (Fsp3) is 0.164. The average molecular weight is 1090 g/mol. The van der Waals surface area contributed by atoms with E-state index in [1.807, 2.05) is 77.6 Å². The molecule has 71 heavy (non-hydrogen) atoms. The van der Waals surface area contributed by atoms with Crippen molar-refractivity contribution >= 4 is 55.2 Å². The Hall–Kier alpha value is -7.30. The lowest BCUT2D eigenvalue weighted by Gasteiger charge is -2.21. The van der Waals surface area contributed by atoms with E-state index < -0.39 is 35.2 Å². The molecular weight excluding hydrogens is 1050 g/mol. The van der Waals surface area contributed by atoms with E-state index in [1.165, 1.54) is 31.4 Å². The van der Waals surface area contributed by atoms with Crippen LogP contribution in [-0.2, 0) is 18.0 Å². The van der Waals surface area contributed by atoms with E-state index in [0.717, 1.165) is 92.3 Å². The monoisotopic (exact) mass is 1090 g/mol. The van der Waals surface area contributed by atoms with Gasteiger partial charge >= 0.3 is 11.9 Å². The summed E-state index contributed by atoms with van der Waals surface area (Å²) in [7, 11) is 1.31. The Kier molecular flexibility index (Phi) is 15.4. The van der Waals surface area contributed by atoms with Crippen LogP contribution in [0.1, 0.15) is 56.1 Å². The van der Waals surface area contributed by atoms with Crippen molar-refractivity contribution in [2.45, 2.75) is 39.9 Å². The van der Waals surface area contributed by atoms with Crippen molar-refractivity contribution < 1.29 is 46.5 Å². The summed E-state index contributed by atoms with van der Waals surface area (Å²) < 4.78 is 77.3. The number of hydrogen-bond acceptors (Lipinski definition) is 7. The van der Waals surface area contributed by atoms with Crippen molar-refractivity contribution in [2.24, 2.45) is 0 Å². The summed E-state index contributed by atoms with van der Waals surface area (Å²) in [6.45, 7) is 5.52. The van der Waals surface area contributed by atoms with Crippen molar-refractivity contribution in [3.05, 3.63) is 199 Å². The average Bonchev–Trinajstić information content (AvgIpc) is 4.12. The predicted molar refractivity (Wildman–Crippen MR) is 273 cm³/mol. The van der Waals surface area contributed by atoms with E-state index in [-0.39, 0.29) is 29.9 Å². The Balaban J connectivity index is 0.000000191. The number of nitrogens with two attached hydrogens (primary N) is 1. The van der Waals surface area contributed by atoms with Crippen LogP contribution in [0, 0.1) is 37.1 Å². The molecule has 0 unspecified atom stereocenters. The molecule has 10 nitrogen and oxygen atoms in total. The zero-order chi connectivity index (χ0) is 50.5. The molecule has 1 fully saturated rings. The van der Waals surface area contributed by atoms with Gasteiger partial charge in [-0.3, -0.25) is 0 Å². The molecule has 0 spiro atoms. The predicted octanol–water partition coefficient (Wildman–Crippen LogP) is 13.8. The number of aryl methyl sites for hydroxylation is 2. The number of esters is 1. The molecule has 1 aliphatic heterocycles. The molecule has 0 saturated carbocycles. The highest BCUT2D eigenvalue weighted by Crippen LogP contribution is 2.39. The number of ether oxygens (including phenoxy) is 3. The molecule has 0 radical (unpaired) electrons. The fourth-order valence-electron chi connectivity index (χ4n) is 8.43. The van der Waals surface area contributed by atoms with Crippen LogP contribution in [0.2, 0.25) is 0 Å². The number of benzene rings is 6. The zero-order valence-electron chi connectivity index (χ0n) is 38.6. The number of rotatable bonds is 13. The highest BCUT2D eigenvalue weighted by atomic mass is 79.9. The standard InChI is InChI=1S/C29H25BrF2N2O3.C26H21BrF2N2O3/c1-18-4-8-27(34(18)24-13-20(29(35)36)12-23(16-24)33-10-2-3-11-33)25-14-21(30)6-9-28(25)37-17-19-5-7-22(31)15-26(19)32;1-15-3-7-24(31(15)21-10-17(26(32)33-2)9-20(30)13-21)22-11-18(27)5-8-25(22)34-14-16-4-6-19(28)12-23(16)29/h4-9,12-16H,2-3,10-11,17H2,1H3,(H,35,36);3-13H,14,30H2,1-2H3. The number of anilines is 2. The molecule has 0 bridgehead atoms. The van der Waals surface area contributed by atoms with Gasteiger partial charge in [0.15, 0.2) is 0 Å². The summed E-state index contributed by atoms with van der Waals surface area (Å²) in [6.07, 6.45) is 2.15. The minimum atomic E-state index is -0.985. The van der Waals surface area contributed by atoms with Crippen molar-refractivity contribution in [1.82, 2.24) is 9.13 Å². The van der Waals surface area contributed by atoms with Gasteiger partial charge in [-0.05, 0) is 148 Å². The fourth-order valence-corrected chi connectivity index (χ4v) is 9.16. The van der Waals surface area contributed by atoms with Crippen LogP contribution in [0.3, 0.4) is 0 Å². The van der Waals surface area contributed by atoms with E-state index in [0.29, 0.717) is 28.4 Å². The molecule has 1 saturated heterocycles. The van der Waals surface area contributed by atoms with Crippen LogP contribution >= 0.6 is 31.9 Å². The van der Waals surface area contributed by atoms with Gasteiger partial charge in [0, 0.05) is 90.6 Å². The third-order valence-electron chi connectivity index (χ3n) is 11.9. The van der Waals surface area contributed by atoms with E-state index >= 15 is 0 Å². The molecule has 1 aliphatic rings. The van der Waals surface area contributed by atoms with Crippen LogP contribution in [0.5, 0.6) is 11.5 Å². The van der Waals surface area contributed by atoms with E-state index in [9.17, 15) is 32.3 Å². The topological polar surface area (TPSA) is 121 Å². The van der Waals surface area contributed by atoms with Gasteiger partial charge in [-0.15, -0.1) is 0 Å². The van der Waals surface area contributed by atoms with Gasteiger partial charge in [0.05, 0.1) is 29.6 Å². The summed E-state index contributed by atoms with van der Waals surface area (Å²) >= 11 is 7.03. The molecule has 364 valence electrons. The lowest BCUT2D eigenvalue weighted by Crippen LogP contribution is -2.18. The maximum atomic E-state index is 14.2. The highest BCUT2D eigenvalue weighted by Gasteiger charge is 2.22. The zero-order valence-corrected chi connectivity index (χ0v) is 41.8. The molecule has 3 N–H and O–H groups in total.